The third-order valence-electron chi connectivity index (χ3n) is 4.94. The maximum Gasteiger partial charge on any atom is 0.244 e. The fraction of sp³-hybridized carbons (Fsp3) is 0.400. The number of benzene rings is 1. The van der Waals surface area contributed by atoms with E-state index in [1.807, 2.05) is 23.1 Å². The van der Waals surface area contributed by atoms with Crippen molar-refractivity contribution in [2.75, 3.05) is 44.9 Å². The molecule has 1 aliphatic heterocycles. The number of anilines is 1. The Hall–Kier alpha value is -2.25. The number of methoxy groups -OCH3 is 1. The Balaban J connectivity index is 1.61. The summed E-state index contributed by atoms with van der Waals surface area (Å²) in [7, 11) is 1.59. The summed E-state index contributed by atoms with van der Waals surface area (Å²) in [5, 5.41) is 5.32. The van der Waals surface area contributed by atoms with E-state index in [0.717, 1.165) is 5.69 Å². The molecule has 0 aliphatic carbocycles. The highest BCUT2D eigenvalue weighted by Gasteiger charge is 2.23. The van der Waals surface area contributed by atoms with E-state index in [9.17, 15) is 9.18 Å². The Morgan fingerprint density at radius 1 is 1.28 bits per heavy atom. The van der Waals surface area contributed by atoms with E-state index >= 15 is 0 Å². The molecule has 0 N–H and O–H groups in total. The molecule has 1 fully saturated rings. The van der Waals surface area contributed by atoms with Crippen LogP contribution in [0.25, 0.3) is 6.08 Å². The van der Waals surface area contributed by atoms with Crippen molar-refractivity contribution in [3.8, 4) is 5.75 Å². The highest BCUT2D eigenvalue weighted by Crippen LogP contribution is 2.30. The fourth-order valence-corrected chi connectivity index (χ4v) is 3.64. The summed E-state index contributed by atoms with van der Waals surface area (Å²) in [6, 6.07) is 5.66. The molecule has 0 radical (unpaired) electrons. The molecule has 1 amide bonds. The lowest BCUT2D eigenvalue weighted by Crippen LogP contribution is -2.49. The Morgan fingerprint density at radius 3 is 2.66 bits per heavy atom. The van der Waals surface area contributed by atoms with Crippen LogP contribution in [0, 0.1) is 6.92 Å². The lowest BCUT2D eigenvalue weighted by molar-refractivity contribution is -0.132. The molecular formula is C20H23Cl2FN4O2. The molecule has 0 unspecified atom stereocenters. The van der Waals surface area contributed by atoms with E-state index < -0.39 is 6.67 Å². The van der Waals surface area contributed by atoms with E-state index in [-0.39, 0.29) is 12.5 Å². The molecule has 156 valence electrons. The Bertz CT molecular complexity index is 908. The first-order chi connectivity index (χ1) is 13.9. The van der Waals surface area contributed by atoms with Gasteiger partial charge in [-0.3, -0.25) is 9.48 Å². The Kier molecular flexibility index (Phi) is 7.03. The van der Waals surface area contributed by atoms with E-state index in [0.29, 0.717) is 53.4 Å². The minimum absolute atomic E-state index is 0.0263. The number of hydrogen-bond donors (Lipinski definition) is 0. The van der Waals surface area contributed by atoms with Gasteiger partial charge in [-0.2, -0.15) is 5.10 Å². The second-order valence-corrected chi connectivity index (χ2v) is 7.47. The van der Waals surface area contributed by atoms with Gasteiger partial charge in [0, 0.05) is 37.9 Å². The number of aromatic nitrogens is 2. The van der Waals surface area contributed by atoms with Gasteiger partial charge in [-0.15, -0.1) is 0 Å². The van der Waals surface area contributed by atoms with Crippen molar-refractivity contribution in [3.63, 3.8) is 0 Å². The van der Waals surface area contributed by atoms with Gasteiger partial charge >= 0.3 is 0 Å². The average molecular weight is 441 g/mol. The molecule has 2 heterocycles. The molecule has 9 heteroatoms. The second-order valence-electron chi connectivity index (χ2n) is 6.69. The van der Waals surface area contributed by atoms with E-state index in [4.69, 9.17) is 27.9 Å². The molecule has 0 saturated carbocycles. The molecule has 29 heavy (non-hydrogen) atoms. The monoisotopic (exact) mass is 440 g/mol. The van der Waals surface area contributed by atoms with Crippen LogP contribution in [0.5, 0.6) is 5.75 Å². The van der Waals surface area contributed by atoms with Crippen molar-refractivity contribution in [2.45, 2.75) is 13.5 Å². The number of alkyl halides is 1. The summed E-state index contributed by atoms with van der Waals surface area (Å²) in [5.74, 6) is 0.605. The molecule has 1 saturated heterocycles. The highest BCUT2D eigenvalue weighted by molar-refractivity contribution is 6.32. The van der Waals surface area contributed by atoms with Gasteiger partial charge in [-0.1, -0.05) is 29.3 Å². The normalized spacial score (nSPS) is 14.7. The van der Waals surface area contributed by atoms with Crippen molar-refractivity contribution in [1.29, 1.82) is 0 Å². The van der Waals surface area contributed by atoms with Crippen LogP contribution in [0.1, 0.15) is 11.4 Å². The fourth-order valence-electron chi connectivity index (χ4n) is 3.25. The number of rotatable bonds is 6. The molecule has 1 aromatic carbocycles. The minimum atomic E-state index is -0.592. The molecule has 2 aromatic rings. The third-order valence-corrected chi connectivity index (χ3v) is 5.72. The number of allylic oxidation sites excluding steroid dienone is 1. The van der Waals surface area contributed by atoms with Crippen LogP contribution in [0.2, 0.25) is 10.0 Å². The van der Waals surface area contributed by atoms with Crippen molar-refractivity contribution in [3.05, 3.63) is 45.7 Å². The summed E-state index contributed by atoms with van der Waals surface area (Å²) >= 11 is 12.3. The number of halogens is 3. The van der Waals surface area contributed by atoms with Gasteiger partial charge in [0.1, 0.15) is 24.7 Å². The minimum Gasteiger partial charge on any atom is -0.495 e. The van der Waals surface area contributed by atoms with Crippen LogP contribution in [0.4, 0.5) is 10.1 Å². The molecular weight excluding hydrogens is 418 g/mol. The first kappa shape index (κ1) is 21.5. The molecule has 1 aromatic heterocycles. The van der Waals surface area contributed by atoms with Gasteiger partial charge in [0.2, 0.25) is 5.91 Å². The zero-order valence-electron chi connectivity index (χ0n) is 16.4. The van der Waals surface area contributed by atoms with Crippen molar-refractivity contribution < 1.29 is 13.9 Å². The molecule has 0 atom stereocenters. The smallest absolute Gasteiger partial charge is 0.244 e. The zero-order chi connectivity index (χ0) is 21.0. The molecule has 3 rings (SSSR count). The number of hydrogen-bond acceptors (Lipinski definition) is 4. The van der Waals surface area contributed by atoms with Gasteiger partial charge < -0.3 is 14.5 Å². The number of amides is 1. The standard InChI is InChI=1S/C20H23Cl2FN4O2/c1-14-20(22)17(4-3-7-23)24-27(14)13-19(28)26-10-8-25(9-11-26)15-5-6-16(21)18(12-15)29-2/h3-6,12H,7-11,13H2,1-2H3/b4-3+. The highest BCUT2D eigenvalue weighted by atomic mass is 35.5. The molecule has 1 aliphatic rings. The van der Waals surface area contributed by atoms with Crippen LogP contribution >= 0.6 is 23.2 Å². The number of nitrogens with zero attached hydrogens (tertiary/aromatic N) is 4. The zero-order valence-corrected chi connectivity index (χ0v) is 17.9. The average Bonchev–Trinajstić information content (AvgIpc) is 3.00. The van der Waals surface area contributed by atoms with Gasteiger partial charge in [-0.25, -0.2) is 4.39 Å². The number of carbonyl (C=O) groups excluding carboxylic acids is 1. The summed E-state index contributed by atoms with van der Waals surface area (Å²) < 4.78 is 19.2. The summed E-state index contributed by atoms with van der Waals surface area (Å²) in [6.45, 7) is 3.93. The maximum atomic E-state index is 12.7. The maximum absolute atomic E-state index is 12.7. The van der Waals surface area contributed by atoms with Crippen LogP contribution < -0.4 is 9.64 Å². The number of carbonyl (C=O) groups is 1. The van der Waals surface area contributed by atoms with Crippen LogP contribution in [-0.2, 0) is 11.3 Å². The number of piperazine rings is 1. The van der Waals surface area contributed by atoms with Crippen molar-refractivity contribution in [2.24, 2.45) is 0 Å². The van der Waals surface area contributed by atoms with Crippen LogP contribution in [0.15, 0.2) is 24.3 Å². The SMILES string of the molecule is COc1cc(N2CCN(C(=O)Cn3nc(/C=C/CF)c(Cl)c3C)CC2)ccc1Cl. The summed E-state index contributed by atoms with van der Waals surface area (Å²) in [6.07, 6.45) is 2.86. The van der Waals surface area contributed by atoms with Crippen LogP contribution in [-0.4, -0.2) is 60.6 Å². The molecule has 0 bridgehead atoms. The Morgan fingerprint density at radius 2 is 2.00 bits per heavy atom. The van der Waals surface area contributed by atoms with Crippen molar-refractivity contribution in [1.82, 2.24) is 14.7 Å². The Labute approximate surface area is 179 Å². The quantitative estimate of drug-likeness (QED) is 0.684. The van der Waals surface area contributed by atoms with E-state index in [1.165, 1.54) is 12.2 Å². The number of ether oxygens (including phenoxy) is 1. The van der Waals surface area contributed by atoms with Gasteiger partial charge in [0.25, 0.3) is 0 Å². The third kappa shape index (κ3) is 4.85. The molecule has 0 spiro atoms. The largest absolute Gasteiger partial charge is 0.495 e. The van der Waals surface area contributed by atoms with E-state index in [2.05, 4.69) is 10.00 Å². The first-order valence-electron chi connectivity index (χ1n) is 9.26. The second kappa shape index (κ2) is 9.50. The predicted molar refractivity (Wildman–Crippen MR) is 114 cm³/mol. The van der Waals surface area contributed by atoms with Crippen LogP contribution in [0.3, 0.4) is 0 Å². The lowest BCUT2D eigenvalue weighted by atomic mass is 10.2. The van der Waals surface area contributed by atoms with Gasteiger partial charge in [0.05, 0.1) is 22.8 Å². The lowest BCUT2D eigenvalue weighted by Gasteiger charge is -2.36. The summed E-state index contributed by atoms with van der Waals surface area (Å²) in [4.78, 5) is 16.7. The predicted octanol–water partition coefficient (Wildman–Crippen LogP) is 3.84. The van der Waals surface area contributed by atoms with Gasteiger partial charge in [-0.05, 0) is 25.1 Å². The van der Waals surface area contributed by atoms with E-state index in [1.54, 1.807) is 18.7 Å². The topological polar surface area (TPSA) is 50.6 Å². The first-order valence-corrected chi connectivity index (χ1v) is 10.0. The van der Waals surface area contributed by atoms with Gasteiger partial charge in [0.15, 0.2) is 0 Å². The molecule has 6 nitrogen and oxygen atoms in total. The summed E-state index contributed by atoms with van der Waals surface area (Å²) in [5.41, 5.74) is 2.17. The van der Waals surface area contributed by atoms with Crippen molar-refractivity contribution >= 4 is 40.9 Å².